The smallest absolute Gasteiger partial charge is 0.297 e. The SMILES string of the molecule is CCN1C(=O)/C(=C/c2cccc3ccccc23)OC1=S. The van der Waals surface area contributed by atoms with Gasteiger partial charge < -0.3 is 4.74 Å². The minimum Gasteiger partial charge on any atom is -0.426 e. The summed E-state index contributed by atoms with van der Waals surface area (Å²) in [5, 5.41) is 2.44. The second-order valence-electron chi connectivity index (χ2n) is 4.49. The first-order valence-corrected chi connectivity index (χ1v) is 6.84. The summed E-state index contributed by atoms with van der Waals surface area (Å²) in [6.45, 7) is 2.39. The second-order valence-corrected chi connectivity index (χ2v) is 4.84. The molecule has 2 aromatic carbocycles. The summed E-state index contributed by atoms with van der Waals surface area (Å²) in [7, 11) is 0. The molecule has 0 atom stereocenters. The summed E-state index contributed by atoms with van der Waals surface area (Å²) < 4.78 is 5.40. The van der Waals surface area contributed by atoms with Crippen molar-refractivity contribution in [2.24, 2.45) is 0 Å². The number of benzene rings is 2. The van der Waals surface area contributed by atoms with Gasteiger partial charge in [0.2, 0.25) is 0 Å². The van der Waals surface area contributed by atoms with Crippen molar-refractivity contribution >= 4 is 40.1 Å². The minimum absolute atomic E-state index is 0.176. The number of fused-ring (bicyclic) bond motifs is 1. The minimum atomic E-state index is -0.176. The zero-order chi connectivity index (χ0) is 14.1. The average Bonchev–Trinajstić information content (AvgIpc) is 2.73. The maximum Gasteiger partial charge on any atom is 0.297 e. The van der Waals surface area contributed by atoms with E-state index in [1.807, 2.05) is 49.4 Å². The topological polar surface area (TPSA) is 29.5 Å². The highest BCUT2D eigenvalue weighted by Gasteiger charge is 2.32. The van der Waals surface area contributed by atoms with Gasteiger partial charge in [-0.3, -0.25) is 9.69 Å². The molecule has 0 saturated carbocycles. The Labute approximate surface area is 122 Å². The van der Waals surface area contributed by atoms with E-state index in [9.17, 15) is 4.79 Å². The van der Waals surface area contributed by atoms with Crippen LogP contribution in [0, 0.1) is 0 Å². The summed E-state index contributed by atoms with van der Waals surface area (Å²) in [4.78, 5) is 13.6. The quantitative estimate of drug-likeness (QED) is 0.625. The van der Waals surface area contributed by atoms with Gasteiger partial charge >= 0.3 is 0 Å². The molecule has 1 aliphatic heterocycles. The lowest BCUT2D eigenvalue weighted by Crippen LogP contribution is -2.27. The van der Waals surface area contributed by atoms with E-state index in [1.54, 1.807) is 6.08 Å². The lowest BCUT2D eigenvalue weighted by atomic mass is 10.0. The number of thiocarbonyl (C=S) groups is 1. The molecule has 1 saturated heterocycles. The van der Waals surface area contributed by atoms with E-state index in [0.29, 0.717) is 6.54 Å². The molecule has 1 aliphatic rings. The largest absolute Gasteiger partial charge is 0.426 e. The third-order valence-electron chi connectivity index (χ3n) is 3.30. The summed E-state index contributed by atoms with van der Waals surface area (Å²) in [6.07, 6.45) is 1.76. The molecule has 0 unspecified atom stereocenters. The molecule has 20 heavy (non-hydrogen) atoms. The molecule has 3 rings (SSSR count). The third-order valence-corrected chi connectivity index (χ3v) is 3.60. The van der Waals surface area contributed by atoms with E-state index >= 15 is 0 Å². The number of rotatable bonds is 2. The van der Waals surface area contributed by atoms with E-state index in [4.69, 9.17) is 17.0 Å². The molecule has 100 valence electrons. The van der Waals surface area contributed by atoms with Gasteiger partial charge in [-0.1, -0.05) is 42.5 Å². The van der Waals surface area contributed by atoms with Gasteiger partial charge in [-0.2, -0.15) is 0 Å². The van der Waals surface area contributed by atoms with E-state index in [2.05, 4.69) is 0 Å². The highest BCUT2D eigenvalue weighted by Crippen LogP contribution is 2.24. The van der Waals surface area contributed by atoms with Gasteiger partial charge in [0, 0.05) is 6.54 Å². The van der Waals surface area contributed by atoms with Gasteiger partial charge in [0.05, 0.1) is 0 Å². The molecule has 4 heteroatoms. The summed E-state index contributed by atoms with van der Waals surface area (Å²) >= 11 is 5.05. The van der Waals surface area contributed by atoms with Crippen LogP contribution in [0.5, 0.6) is 0 Å². The van der Waals surface area contributed by atoms with E-state index in [-0.39, 0.29) is 16.8 Å². The normalized spacial score (nSPS) is 17.1. The highest BCUT2D eigenvalue weighted by molar-refractivity contribution is 7.80. The van der Waals surface area contributed by atoms with Crippen LogP contribution in [-0.2, 0) is 9.53 Å². The molecule has 0 radical (unpaired) electrons. The number of likely N-dealkylation sites (N-methyl/N-ethyl adjacent to an activating group) is 1. The molecule has 0 bridgehead atoms. The van der Waals surface area contributed by atoms with Crippen molar-refractivity contribution < 1.29 is 9.53 Å². The van der Waals surface area contributed by atoms with Crippen LogP contribution in [0.4, 0.5) is 0 Å². The van der Waals surface area contributed by atoms with Gasteiger partial charge in [0.15, 0.2) is 5.76 Å². The molecule has 0 N–H and O–H groups in total. The molecule has 3 nitrogen and oxygen atoms in total. The van der Waals surface area contributed by atoms with Crippen molar-refractivity contribution in [1.29, 1.82) is 0 Å². The zero-order valence-corrected chi connectivity index (χ0v) is 11.8. The second kappa shape index (κ2) is 5.06. The van der Waals surface area contributed by atoms with Crippen molar-refractivity contribution in [2.75, 3.05) is 6.54 Å². The van der Waals surface area contributed by atoms with Gasteiger partial charge in [0.25, 0.3) is 11.1 Å². The van der Waals surface area contributed by atoms with E-state index in [1.165, 1.54) is 4.90 Å². The first kappa shape index (κ1) is 12.8. The number of amides is 1. The molecule has 0 aliphatic carbocycles. The Hall–Kier alpha value is -2.20. The molecule has 1 amide bonds. The van der Waals surface area contributed by atoms with Crippen LogP contribution in [0.1, 0.15) is 12.5 Å². The predicted octanol–water partition coefficient (Wildman–Crippen LogP) is 3.34. The van der Waals surface area contributed by atoms with Crippen molar-refractivity contribution in [3.8, 4) is 0 Å². The maximum absolute atomic E-state index is 12.1. The molecule has 0 aromatic heterocycles. The van der Waals surface area contributed by atoms with Crippen molar-refractivity contribution in [3.63, 3.8) is 0 Å². The van der Waals surface area contributed by atoms with Crippen molar-refractivity contribution in [2.45, 2.75) is 6.92 Å². The number of hydrogen-bond acceptors (Lipinski definition) is 3. The number of hydrogen-bond donors (Lipinski definition) is 0. The van der Waals surface area contributed by atoms with Gasteiger partial charge in [-0.25, -0.2) is 0 Å². The van der Waals surface area contributed by atoms with Crippen LogP contribution in [0.15, 0.2) is 48.2 Å². The maximum atomic E-state index is 12.1. The van der Waals surface area contributed by atoms with Crippen molar-refractivity contribution in [1.82, 2.24) is 4.90 Å². The third kappa shape index (κ3) is 2.08. The number of nitrogens with zero attached hydrogens (tertiary/aromatic N) is 1. The Balaban J connectivity index is 2.07. The van der Waals surface area contributed by atoms with Crippen molar-refractivity contribution in [3.05, 3.63) is 53.8 Å². The Morgan fingerprint density at radius 2 is 1.95 bits per heavy atom. The zero-order valence-electron chi connectivity index (χ0n) is 11.0. The fraction of sp³-hybridized carbons (Fsp3) is 0.125. The molecule has 1 heterocycles. The highest BCUT2D eigenvalue weighted by atomic mass is 32.1. The Bertz CT molecular complexity index is 731. The lowest BCUT2D eigenvalue weighted by molar-refractivity contribution is -0.122. The average molecular weight is 283 g/mol. The predicted molar refractivity (Wildman–Crippen MR) is 83.0 cm³/mol. The van der Waals surface area contributed by atoms with Crippen LogP contribution >= 0.6 is 12.2 Å². The number of ether oxygens (including phenoxy) is 1. The summed E-state index contributed by atoms with van der Waals surface area (Å²) in [6, 6.07) is 14.0. The van der Waals surface area contributed by atoms with Crippen LogP contribution in [0.3, 0.4) is 0 Å². The number of carbonyl (C=O) groups excluding carboxylic acids is 1. The molecule has 1 fully saturated rings. The molecule has 2 aromatic rings. The van der Waals surface area contributed by atoms with Crippen LogP contribution in [0.25, 0.3) is 16.8 Å². The van der Waals surface area contributed by atoms with E-state index in [0.717, 1.165) is 16.3 Å². The van der Waals surface area contributed by atoms with E-state index < -0.39 is 0 Å². The Kier molecular flexibility index (Phi) is 3.24. The summed E-state index contributed by atoms with van der Waals surface area (Å²) in [5.74, 6) is 0.110. The van der Waals surface area contributed by atoms with Crippen LogP contribution < -0.4 is 0 Å². The first-order chi connectivity index (χ1) is 9.70. The van der Waals surface area contributed by atoms with Crippen LogP contribution in [0.2, 0.25) is 0 Å². The fourth-order valence-corrected chi connectivity index (χ4v) is 2.59. The lowest BCUT2D eigenvalue weighted by Gasteiger charge is -2.06. The number of carbonyl (C=O) groups is 1. The van der Waals surface area contributed by atoms with Gasteiger partial charge in [0.1, 0.15) is 0 Å². The standard InChI is InChI=1S/C16H13NO2S/c1-2-17-15(18)14(19-16(17)20)10-12-8-5-7-11-6-3-4-9-13(11)12/h3-10H,2H2,1H3/b14-10-. The molecule has 0 spiro atoms. The first-order valence-electron chi connectivity index (χ1n) is 6.44. The Morgan fingerprint density at radius 3 is 2.70 bits per heavy atom. The Morgan fingerprint density at radius 1 is 1.20 bits per heavy atom. The fourth-order valence-electron chi connectivity index (χ4n) is 2.29. The van der Waals surface area contributed by atoms with Gasteiger partial charge in [-0.05, 0) is 41.6 Å². The molecular weight excluding hydrogens is 270 g/mol. The van der Waals surface area contributed by atoms with Gasteiger partial charge in [-0.15, -0.1) is 0 Å². The monoisotopic (exact) mass is 283 g/mol. The molecular formula is C16H13NO2S. The summed E-state index contributed by atoms with van der Waals surface area (Å²) in [5.41, 5.74) is 0.951. The van der Waals surface area contributed by atoms with Crippen LogP contribution in [-0.4, -0.2) is 22.5 Å².